The van der Waals surface area contributed by atoms with Gasteiger partial charge in [-0.15, -0.1) is 0 Å². The normalized spacial score (nSPS) is 14.2. The number of carboxylic acid groups (broad SMARTS) is 1. The Kier molecular flexibility index (Phi) is 4.99. The third-order valence-corrected chi connectivity index (χ3v) is 2.30. The van der Waals surface area contributed by atoms with Crippen LogP contribution in [0, 0.1) is 5.41 Å². The molecule has 0 aromatic rings. The van der Waals surface area contributed by atoms with Crippen LogP contribution in [-0.4, -0.2) is 17.1 Å². The molecule has 3 heteroatoms. The summed E-state index contributed by atoms with van der Waals surface area (Å²) in [6.45, 7) is 6.28. The number of rotatable bonds is 6. The fourth-order valence-corrected chi connectivity index (χ4v) is 1.44. The first-order valence-corrected chi connectivity index (χ1v) is 4.87. The summed E-state index contributed by atoms with van der Waals surface area (Å²) in [5, 5.41) is 8.65. The molecule has 0 radical (unpaired) electrons. The molecule has 0 fully saturated rings. The lowest BCUT2D eigenvalue weighted by Gasteiger charge is -2.26. The quantitative estimate of drug-likeness (QED) is 0.668. The van der Waals surface area contributed by atoms with Gasteiger partial charge in [-0.25, -0.2) is 0 Å². The van der Waals surface area contributed by atoms with E-state index in [0.29, 0.717) is 6.42 Å². The summed E-state index contributed by atoms with van der Waals surface area (Å²) in [6, 6.07) is -0.716. The maximum atomic E-state index is 10.5. The summed E-state index contributed by atoms with van der Waals surface area (Å²) in [5.41, 5.74) is 5.52. The van der Waals surface area contributed by atoms with Gasteiger partial charge in [0.25, 0.3) is 0 Å². The SMILES string of the molecule is CCCCC(C)(C)CC(N)C(=O)O. The Labute approximate surface area is 80.3 Å². The average Bonchev–Trinajstić information content (AvgIpc) is 2.00. The minimum Gasteiger partial charge on any atom is -0.480 e. The molecular formula is C10H21NO2. The number of hydrogen-bond acceptors (Lipinski definition) is 2. The molecule has 78 valence electrons. The predicted molar refractivity (Wildman–Crippen MR) is 53.5 cm³/mol. The molecule has 3 nitrogen and oxygen atoms in total. The molecular weight excluding hydrogens is 166 g/mol. The van der Waals surface area contributed by atoms with Crippen LogP contribution >= 0.6 is 0 Å². The van der Waals surface area contributed by atoms with Gasteiger partial charge in [-0.05, 0) is 18.3 Å². The predicted octanol–water partition coefficient (Wildman–Crippen LogP) is 2.00. The van der Waals surface area contributed by atoms with Crippen LogP contribution in [0.2, 0.25) is 0 Å². The standard InChI is InChI=1S/C10H21NO2/c1-4-5-6-10(2,3)7-8(11)9(12)13/h8H,4-7,11H2,1-3H3,(H,12,13). The lowest BCUT2D eigenvalue weighted by molar-refractivity contribution is -0.139. The van der Waals surface area contributed by atoms with Crippen molar-refractivity contribution in [1.82, 2.24) is 0 Å². The largest absolute Gasteiger partial charge is 0.480 e. The Morgan fingerprint density at radius 2 is 2.08 bits per heavy atom. The Balaban J connectivity index is 3.93. The van der Waals surface area contributed by atoms with E-state index in [0.717, 1.165) is 19.3 Å². The molecule has 0 rings (SSSR count). The first-order chi connectivity index (χ1) is 5.89. The van der Waals surface area contributed by atoms with Gasteiger partial charge in [0, 0.05) is 0 Å². The van der Waals surface area contributed by atoms with E-state index in [1.54, 1.807) is 0 Å². The molecule has 0 aliphatic carbocycles. The zero-order valence-corrected chi connectivity index (χ0v) is 8.84. The topological polar surface area (TPSA) is 63.3 Å². The number of aliphatic carboxylic acids is 1. The van der Waals surface area contributed by atoms with Gasteiger partial charge in [-0.1, -0.05) is 33.6 Å². The van der Waals surface area contributed by atoms with Gasteiger partial charge in [0.05, 0.1) is 0 Å². The summed E-state index contributed by atoms with van der Waals surface area (Å²) in [4.78, 5) is 10.5. The van der Waals surface area contributed by atoms with E-state index < -0.39 is 12.0 Å². The monoisotopic (exact) mass is 187 g/mol. The molecule has 0 bridgehead atoms. The Morgan fingerprint density at radius 3 is 2.46 bits per heavy atom. The third kappa shape index (κ3) is 5.64. The highest BCUT2D eigenvalue weighted by molar-refractivity contribution is 5.73. The van der Waals surface area contributed by atoms with Gasteiger partial charge in [-0.3, -0.25) is 4.79 Å². The zero-order chi connectivity index (χ0) is 10.5. The van der Waals surface area contributed by atoms with Crippen LogP contribution in [0.4, 0.5) is 0 Å². The number of carboxylic acids is 1. The van der Waals surface area contributed by atoms with Gasteiger partial charge >= 0.3 is 5.97 Å². The second-order valence-electron chi connectivity index (χ2n) is 4.42. The highest BCUT2D eigenvalue weighted by atomic mass is 16.4. The maximum Gasteiger partial charge on any atom is 0.320 e. The summed E-state index contributed by atoms with van der Waals surface area (Å²) < 4.78 is 0. The van der Waals surface area contributed by atoms with Crippen molar-refractivity contribution in [3.63, 3.8) is 0 Å². The molecule has 0 aromatic heterocycles. The molecule has 1 unspecified atom stereocenters. The van der Waals surface area contributed by atoms with E-state index in [9.17, 15) is 4.79 Å². The maximum absolute atomic E-state index is 10.5. The van der Waals surface area contributed by atoms with E-state index in [1.165, 1.54) is 0 Å². The highest BCUT2D eigenvalue weighted by Crippen LogP contribution is 2.28. The number of carbonyl (C=O) groups is 1. The molecule has 0 amide bonds. The van der Waals surface area contributed by atoms with Crippen molar-refractivity contribution < 1.29 is 9.90 Å². The fraction of sp³-hybridized carbons (Fsp3) is 0.900. The van der Waals surface area contributed by atoms with Crippen molar-refractivity contribution in [2.75, 3.05) is 0 Å². The smallest absolute Gasteiger partial charge is 0.320 e. The molecule has 0 saturated carbocycles. The van der Waals surface area contributed by atoms with Gasteiger partial charge in [0.2, 0.25) is 0 Å². The molecule has 0 heterocycles. The molecule has 13 heavy (non-hydrogen) atoms. The van der Waals surface area contributed by atoms with Crippen molar-refractivity contribution in [3.05, 3.63) is 0 Å². The Bertz CT molecular complexity index is 166. The van der Waals surface area contributed by atoms with Crippen molar-refractivity contribution in [2.24, 2.45) is 11.1 Å². The summed E-state index contributed by atoms with van der Waals surface area (Å²) in [6.07, 6.45) is 3.89. The third-order valence-electron chi connectivity index (χ3n) is 2.30. The van der Waals surface area contributed by atoms with Crippen molar-refractivity contribution in [2.45, 2.75) is 52.5 Å². The number of nitrogens with two attached hydrogens (primary N) is 1. The van der Waals surface area contributed by atoms with Crippen LogP contribution in [0.25, 0.3) is 0 Å². The first-order valence-electron chi connectivity index (χ1n) is 4.87. The van der Waals surface area contributed by atoms with Crippen LogP contribution in [0.5, 0.6) is 0 Å². The van der Waals surface area contributed by atoms with E-state index in [4.69, 9.17) is 10.8 Å². The van der Waals surface area contributed by atoms with Gasteiger partial charge in [0.15, 0.2) is 0 Å². The molecule has 1 atom stereocenters. The molecule has 3 N–H and O–H groups in total. The van der Waals surface area contributed by atoms with E-state index in [-0.39, 0.29) is 5.41 Å². The molecule has 0 spiro atoms. The van der Waals surface area contributed by atoms with Crippen molar-refractivity contribution >= 4 is 5.97 Å². The number of hydrogen-bond donors (Lipinski definition) is 2. The number of unbranched alkanes of at least 4 members (excludes halogenated alkanes) is 1. The van der Waals surface area contributed by atoms with Crippen molar-refractivity contribution in [3.8, 4) is 0 Å². The minimum atomic E-state index is -0.899. The summed E-state index contributed by atoms with van der Waals surface area (Å²) >= 11 is 0. The van der Waals surface area contributed by atoms with Crippen LogP contribution in [0.1, 0.15) is 46.5 Å². The van der Waals surface area contributed by atoms with E-state index >= 15 is 0 Å². The molecule has 0 saturated heterocycles. The molecule has 0 aromatic carbocycles. The molecule has 0 aliphatic rings. The van der Waals surface area contributed by atoms with Crippen LogP contribution < -0.4 is 5.73 Å². The molecule has 0 aliphatic heterocycles. The van der Waals surface area contributed by atoms with Crippen molar-refractivity contribution in [1.29, 1.82) is 0 Å². The average molecular weight is 187 g/mol. The Morgan fingerprint density at radius 1 is 1.54 bits per heavy atom. The second-order valence-corrected chi connectivity index (χ2v) is 4.42. The van der Waals surface area contributed by atoms with Crippen LogP contribution in [-0.2, 0) is 4.79 Å². The van der Waals surface area contributed by atoms with Gasteiger partial charge in [0.1, 0.15) is 6.04 Å². The summed E-state index contributed by atoms with van der Waals surface area (Å²) in [7, 11) is 0. The van der Waals surface area contributed by atoms with Crippen LogP contribution in [0.15, 0.2) is 0 Å². The Hall–Kier alpha value is -0.570. The highest BCUT2D eigenvalue weighted by Gasteiger charge is 2.24. The lowest BCUT2D eigenvalue weighted by Crippen LogP contribution is -2.35. The van der Waals surface area contributed by atoms with Gasteiger partial charge < -0.3 is 10.8 Å². The van der Waals surface area contributed by atoms with E-state index in [2.05, 4.69) is 20.8 Å². The fourth-order valence-electron chi connectivity index (χ4n) is 1.44. The lowest BCUT2D eigenvalue weighted by atomic mass is 9.81. The van der Waals surface area contributed by atoms with Crippen LogP contribution in [0.3, 0.4) is 0 Å². The van der Waals surface area contributed by atoms with Gasteiger partial charge in [-0.2, -0.15) is 0 Å². The minimum absolute atomic E-state index is 0.0494. The first kappa shape index (κ1) is 12.4. The van der Waals surface area contributed by atoms with E-state index in [1.807, 2.05) is 0 Å². The summed E-state index contributed by atoms with van der Waals surface area (Å²) in [5.74, 6) is -0.899. The zero-order valence-electron chi connectivity index (χ0n) is 8.84. The second kappa shape index (κ2) is 5.22.